The van der Waals surface area contributed by atoms with E-state index < -0.39 is 11.7 Å². The van der Waals surface area contributed by atoms with E-state index in [0.29, 0.717) is 28.5 Å². The van der Waals surface area contributed by atoms with Gasteiger partial charge in [-0.15, -0.1) is 0 Å². The van der Waals surface area contributed by atoms with E-state index in [-0.39, 0.29) is 6.54 Å². The molecule has 3 heterocycles. The molecule has 2 aromatic carbocycles. The first-order chi connectivity index (χ1) is 16.0. The van der Waals surface area contributed by atoms with Gasteiger partial charge in [-0.25, -0.2) is 15.0 Å². The molecule has 0 radical (unpaired) electrons. The summed E-state index contributed by atoms with van der Waals surface area (Å²) in [4.78, 5) is 19.9. The van der Waals surface area contributed by atoms with Crippen LogP contribution in [0.15, 0.2) is 73.6 Å². The van der Waals surface area contributed by atoms with Gasteiger partial charge in [-0.3, -0.25) is 0 Å². The zero-order valence-electron chi connectivity index (χ0n) is 17.0. The summed E-state index contributed by atoms with van der Waals surface area (Å²) in [5, 5.41) is 6.24. The molecule has 166 valence electrons. The fraction of sp³-hybridized carbons (Fsp3) is 0.0909. The van der Waals surface area contributed by atoms with Gasteiger partial charge in [0.2, 0.25) is 5.95 Å². The molecule has 0 aliphatic heterocycles. The molecule has 8 nitrogen and oxygen atoms in total. The van der Waals surface area contributed by atoms with E-state index in [9.17, 15) is 13.2 Å². The number of anilines is 3. The molecule has 0 spiro atoms. The Morgan fingerprint density at radius 1 is 1.03 bits per heavy atom. The summed E-state index contributed by atoms with van der Waals surface area (Å²) >= 11 is 0. The maximum absolute atomic E-state index is 12.9. The van der Waals surface area contributed by atoms with Crippen molar-refractivity contribution in [3.05, 3.63) is 84.7 Å². The average molecular weight is 450 g/mol. The molecule has 33 heavy (non-hydrogen) atoms. The topological polar surface area (TPSA) is 96.3 Å². The lowest BCUT2D eigenvalue weighted by Gasteiger charge is -2.10. The van der Waals surface area contributed by atoms with Gasteiger partial charge in [0, 0.05) is 30.3 Å². The van der Waals surface area contributed by atoms with Gasteiger partial charge in [-0.2, -0.15) is 18.2 Å². The first-order valence-electron chi connectivity index (χ1n) is 9.92. The third kappa shape index (κ3) is 4.47. The number of alkyl halides is 3. The number of fused-ring (bicyclic) bond motifs is 1. The van der Waals surface area contributed by atoms with Crippen molar-refractivity contribution in [1.29, 1.82) is 0 Å². The van der Waals surface area contributed by atoms with Crippen molar-refractivity contribution in [2.24, 2.45) is 0 Å². The predicted molar refractivity (Wildman–Crippen MR) is 117 cm³/mol. The second-order valence-electron chi connectivity index (χ2n) is 7.20. The molecule has 3 N–H and O–H groups in total. The van der Waals surface area contributed by atoms with Crippen LogP contribution in [0.5, 0.6) is 0 Å². The van der Waals surface area contributed by atoms with E-state index in [4.69, 9.17) is 0 Å². The van der Waals surface area contributed by atoms with Gasteiger partial charge in [-0.1, -0.05) is 12.1 Å². The standard InChI is InChI=1S/C22H17F3N8/c23-22(24,25)15-3-1-2-14(10-15)11-27-19-18-20(29-12-28-19)32-21(31-18)30-16-4-6-17(7-5-16)33-9-8-26-13-33/h1-10,12-13H,11H2,(H3,27,28,29,30,31,32). The fourth-order valence-corrected chi connectivity index (χ4v) is 3.33. The Morgan fingerprint density at radius 3 is 2.64 bits per heavy atom. The number of nitrogens with zero attached hydrogens (tertiary/aromatic N) is 5. The minimum Gasteiger partial charge on any atom is -0.364 e. The Kier molecular flexibility index (Phi) is 5.13. The zero-order chi connectivity index (χ0) is 22.8. The average Bonchev–Trinajstić information content (AvgIpc) is 3.48. The molecule has 0 saturated heterocycles. The first kappa shape index (κ1) is 20.5. The van der Waals surface area contributed by atoms with E-state index in [1.807, 2.05) is 35.0 Å². The van der Waals surface area contributed by atoms with Gasteiger partial charge in [0.15, 0.2) is 11.5 Å². The van der Waals surface area contributed by atoms with Crippen LogP contribution in [0.4, 0.5) is 30.6 Å². The van der Waals surface area contributed by atoms with Crippen molar-refractivity contribution in [1.82, 2.24) is 29.5 Å². The van der Waals surface area contributed by atoms with Gasteiger partial charge in [0.25, 0.3) is 0 Å². The molecule has 0 aliphatic rings. The van der Waals surface area contributed by atoms with Crippen molar-refractivity contribution < 1.29 is 13.2 Å². The van der Waals surface area contributed by atoms with Crippen LogP contribution in [0.1, 0.15) is 11.1 Å². The highest BCUT2D eigenvalue weighted by molar-refractivity contribution is 5.84. The number of aromatic amines is 1. The monoisotopic (exact) mass is 450 g/mol. The molecule has 5 rings (SSSR count). The van der Waals surface area contributed by atoms with Crippen LogP contribution >= 0.6 is 0 Å². The summed E-state index contributed by atoms with van der Waals surface area (Å²) in [7, 11) is 0. The van der Waals surface area contributed by atoms with Crippen molar-refractivity contribution in [3.8, 4) is 5.69 Å². The van der Waals surface area contributed by atoms with Crippen LogP contribution in [0.2, 0.25) is 0 Å². The largest absolute Gasteiger partial charge is 0.416 e. The highest BCUT2D eigenvalue weighted by atomic mass is 19.4. The highest BCUT2D eigenvalue weighted by Crippen LogP contribution is 2.30. The molecule has 0 amide bonds. The number of rotatable bonds is 6. The third-order valence-electron chi connectivity index (χ3n) is 4.94. The Morgan fingerprint density at radius 2 is 1.88 bits per heavy atom. The minimum atomic E-state index is -4.39. The highest BCUT2D eigenvalue weighted by Gasteiger charge is 2.30. The van der Waals surface area contributed by atoms with Crippen molar-refractivity contribution in [3.63, 3.8) is 0 Å². The van der Waals surface area contributed by atoms with Crippen LogP contribution in [0.25, 0.3) is 16.9 Å². The Bertz CT molecular complexity index is 1380. The Hall–Kier alpha value is -4.41. The number of hydrogen-bond donors (Lipinski definition) is 3. The summed E-state index contributed by atoms with van der Waals surface area (Å²) in [5.41, 5.74) is 2.53. The quantitative estimate of drug-likeness (QED) is 0.340. The van der Waals surface area contributed by atoms with E-state index in [2.05, 4.69) is 35.6 Å². The number of H-pyrrole nitrogens is 1. The predicted octanol–water partition coefficient (Wildman–Crippen LogP) is 4.91. The summed E-state index contributed by atoms with van der Waals surface area (Å²) in [6.07, 6.45) is 2.24. The summed E-state index contributed by atoms with van der Waals surface area (Å²) < 4.78 is 40.7. The molecule has 0 fully saturated rings. The van der Waals surface area contributed by atoms with E-state index in [0.717, 1.165) is 23.5 Å². The Balaban J connectivity index is 1.32. The molecule has 0 aliphatic carbocycles. The smallest absolute Gasteiger partial charge is 0.364 e. The number of imidazole rings is 2. The van der Waals surface area contributed by atoms with Crippen LogP contribution < -0.4 is 10.6 Å². The third-order valence-corrected chi connectivity index (χ3v) is 4.94. The minimum absolute atomic E-state index is 0.160. The molecule has 3 aromatic heterocycles. The first-order valence-corrected chi connectivity index (χ1v) is 9.92. The van der Waals surface area contributed by atoms with Crippen molar-refractivity contribution in [2.75, 3.05) is 10.6 Å². The number of benzene rings is 2. The second kappa shape index (κ2) is 8.26. The maximum Gasteiger partial charge on any atom is 0.416 e. The molecule has 0 unspecified atom stereocenters. The summed E-state index contributed by atoms with van der Waals surface area (Å²) in [6, 6.07) is 12.8. The van der Waals surface area contributed by atoms with Crippen molar-refractivity contribution in [2.45, 2.75) is 12.7 Å². The van der Waals surface area contributed by atoms with E-state index in [1.165, 1.54) is 12.4 Å². The summed E-state index contributed by atoms with van der Waals surface area (Å²) in [6.45, 7) is 0.160. The Labute approximate surface area is 185 Å². The van der Waals surface area contributed by atoms with Gasteiger partial charge < -0.3 is 20.2 Å². The van der Waals surface area contributed by atoms with Crippen LogP contribution in [-0.4, -0.2) is 29.5 Å². The molecule has 11 heteroatoms. The fourth-order valence-electron chi connectivity index (χ4n) is 3.33. The number of halogens is 3. The van der Waals surface area contributed by atoms with Gasteiger partial charge in [0.05, 0.1) is 11.9 Å². The normalized spacial score (nSPS) is 11.6. The van der Waals surface area contributed by atoms with Gasteiger partial charge in [-0.05, 0) is 42.0 Å². The summed E-state index contributed by atoms with van der Waals surface area (Å²) in [5.74, 6) is 0.899. The van der Waals surface area contributed by atoms with Gasteiger partial charge >= 0.3 is 6.18 Å². The zero-order valence-corrected chi connectivity index (χ0v) is 17.0. The van der Waals surface area contributed by atoms with Crippen LogP contribution in [-0.2, 0) is 12.7 Å². The molecule has 0 atom stereocenters. The lowest BCUT2D eigenvalue weighted by molar-refractivity contribution is -0.137. The number of hydrogen-bond acceptors (Lipinski definition) is 6. The van der Waals surface area contributed by atoms with Crippen LogP contribution in [0, 0.1) is 0 Å². The number of nitrogens with one attached hydrogen (secondary N) is 3. The van der Waals surface area contributed by atoms with Crippen molar-refractivity contribution >= 4 is 28.6 Å². The lowest BCUT2D eigenvalue weighted by Crippen LogP contribution is -2.07. The SMILES string of the molecule is FC(F)(F)c1cccc(CNc2ncnc3nc(Nc4ccc(-n5ccnc5)cc4)[nH]c23)c1. The molecule has 5 aromatic rings. The number of aromatic nitrogens is 6. The van der Waals surface area contributed by atoms with Crippen LogP contribution in [0.3, 0.4) is 0 Å². The van der Waals surface area contributed by atoms with E-state index in [1.54, 1.807) is 18.6 Å². The second-order valence-corrected chi connectivity index (χ2v) is 7.20. The molecule has 0 saturated carbocycles. The lowest BCUT2D eigenvalue weighted by atomic mass is 10.1. The molecular formula is C22H17F3N8. The van der Waals surface area contributed by atoms with Gasteiger partial charge in [0.1, 0.15) is 11.8 Å². The molecular weight excluding hydrogens is 433 g/mol. The van der Waals surface area contributed by atoms with E-state index >= 15 is 0 Å². The maximum atomic E-state index is 12.9. The molecule has 0 bridgehead atoms.